The lowest BCUT2D eigenvalue weighted by Gasteiger charge is -2.16. The summed E-state index contributed by atoms with van der Waals surface area (Å²) >= 11 is 0. The second-order valence-electron chi connectivity index (χ2n) is 4.31. The van der Waals surface area contributed by atoms with E-state index in [2.05, 4.69) is 0 Å². The Labute approximate surface area is 86.6 Å². The van der Waals surface area contributed by atoms with E-state index in [1.807, 2.05) is 11.9 Å². The van der Waals surface area contributed by atoms with Crippen LogP contribution in [0.5, 0.6) is 0 Å². The van der Waals surface area contributed by atoms with Gasteiger partial charge in [0.05, 0.1) is 0 Å². The highest BCUT2D eigenvalue weighted by Crippen LogP contribution is 2.32. The molecule has 0 radical (unpaired) electrons. The van der Waals surface area contributed by atoms with Gasteiger partial charge in [-0.3, -0.25) is 4.79 Å². The summed E-state index contributed by atoms with van der Waals surface area (Å²) in [6.45, 7) is 1.66. The van der Waals surface area contributed by atoms with E-state index >= 15 is 0 Å². The Balaban J connectivity index is 2.00. The van der Waals surface area contributed by atoms with Gasteiger partial charge in [-0.1, -0.05) is 6.42 Å². The highest BCUT2D eigenvalue weighted by Gasteiger charge is 2.25. The first-order chi connectivity index (χ1) is 6.74. The van der Waals surface area contributed by atoms with E-state index in [4.69, 9.17) is 5.73 Å². The molecular weight excluding hydrogens is 176 g/mol. The summed E-state index contributed by atoms with van der Waals surface area (Å²) < 4.78 is 0. The van der Waals surface area contributed by atoms with E-state index < -0.39 is 0 Å². The molecule has 1 fully saturated rings. The Hall–Kier alpha value is -0.570. The molecule has 1 rings (SSSR count). The van der Waals surface area contributed by atoms with Crippen molar-refractivity contribution in [3.05, 3.63) is 0 Å². The van der Waals surface area contributed by atoms with Crippen molar-refractivity contribution in [3.63, 3.8) is 0 Å². The number of hydrogen-bond donors (Lipinski definition) is 1. The zero-order valence-corrected chi connectivity index (χ0v) is 9.17. The van der Waals surface area contributed by atoms with Crippen LogP contribution in [-0.4, -0.2) is 30.9 Å². The summed E-state index contributed by atoms with van der Waals surface area (Å²) in [7, 11) is 1.91. The van der Waals surface area contributed by atoms with Crippen molar-refractivity contribution in [2.45, 2.75) is 38.5 Å². The number of hydrogen-bond acceptors (Lipinski definition) is 2. The topological polar surface area (TPSA) is 46.3 Å². The molecule has 0 atom stereocenters. The van der Waals surface area contributed by atoms with Crippen molar-refractivity contribution in [1.29, 1.82) is 0 Å². The fraction of sp³-hybridized carbons (Fsp3) is 0.909. The Morgan fingerprint density at radius 1 is 1.36 bits per heavy atom. The number of nitrogens with two attached hydrogens (primary N) is 1. The molecule has 0 aromatic carbocycles. The zero-order valence-electron chi connectivity index (χ0n) is 9.17. The molecule has 1 amide bonds. The minimum Gasteiger partial charge on any atom is -0.346 e. The summed E-state index contributed by atoms with van der Waals surface area (Å²) in [5.74, 6) is 1.02. The normalized spacial score (nSPS) is 15.6. The fourth-order valence-electron chi connectivity index (χ4n) is 1.52. The third-order valence-corrected chi connectivity index (χ3v) is 2.78. The van der Waals surface area contributed by atoms with Crippen molar-refractivity contribution < 1.29 is 4.79 Å². The first kappa shape index (κ1) is 11.5. The second-order valence-corrected chi connectivity index (χ2v) is 4.31. The first-order valence-electron chi connectivity index (χ1n) is 5.68. The Bertz CT molecular complexity index is 178. The van der Waals surface area contributed by atoms with Crippen LogP contribution in [0.3, 0.4) is 0 Å². The molecule has 2 N–H and O–H groups in total. The summed E-state index contributed by atoms with van der Waals surface area (Å²) in [5.41, 5.74) is 5.40. The predicted molar refractivity (Wildman–Crippen MR) is 57.9 cm³/mol. The molecule has 0 aromatic heterocycles. The SMILES string of the molecule is CN(CCCCCN)C(=O)CC1CC1. The molecule has 0 bridgehead atoms. The van der Waals surface area contributed by atoms with Crippen LogP contribution in [0.25, 0.3) is 0 Å². The van der Waals surface area contributed by atoms with Gasteiger partial charge in [0, 0.05) is 20.0 Å². The second kappa shape index (κ2) is 6.02. The van der Waals surface area contributed by atoms with Gasteiger partial charge in [-0.25, -0.2) is 0 Å². The Morgan fingerprint density at radius 3 is 2.64 bits per heavy atom. The number of rotatable bonds is 7. The van der Waals surface area contributed by atoms with Crippen LogP contribution in [0.2, 0.25) is 0 Å². The van der Waals surface area contributed by atoms with Gasteiger partial charge in [0.15, 0.2) is 0 Å². The minimum atomic E-state index is 0.320. The molecule has 0 heterocycles. The monoisotopic (exact) mass is 198 g/mol. The quantitative estimate of drug-likeness (QED) is 0.628. The molecule has 1 saturated carbocycles. The summed E-state index contributed by atoms with van der Waals surface area (Å²) in [5, 5.41) is 0. The van der Waals surface area contributed by atoms with Crippen molar-refractivity contribution in [1.82, 2.24) is 4.90 Å². The van der Waals surface area contributed by atoms with Gasteiger partial charge in [-0.05, 0) is 38.1 Å². The Kier molecular flexibility index (Phi) is 4.94. The third kappa shape index (κ3) is 4.61. The standard InChI is InChI=1S/C11H22N2O/c1-13(8-4-2-3-7-12)11(14)9-10-5-6-10/h10H,2-9,12H2,1H3. The average Bonchev–Trinajstić information content (AvgIpc) is 2.96. The highest BCUT2D eigenvalue weighted by atomic mass is 16.2. The van der Waals surface area contributed by atoms with Crippen molar-refractivity contribution in [3.8, 4) is 0 Å². The maximum atomic E-state index is 11.6. The predicted octanol–water partition coefficient (Wildman–Crippen LogP) is 1.37. The fourth-order valence-corrected chi connectivity index (χ4v) is 1.52. The average molecular weight is 198 g/mol. The van der Waals surface area contributed by atoms with Gasteiger partial charge in [-0.2, -0.15) is 0 Å². The largest absolute Gasteiger partial charge is 0.346 e. The van der Waals surface area contributed by atoms with E-state index in [1.54, 1.807) is 0 Å². The van der Waals surface area contributed by atoms with Gasteiger partial charge in [0.2, 0.25) is 5.91 Å². The van der Waals surface area contributed by atoms with Crippen LogP contribution in [0.4, 0.5) is 0 Å². The van der Waals surface area contributed by atoms with Crippen LogP contribution in [0.1, 0.15) is 38.5 Å². The van der Waals surface area contributed by atoms with Gasteiger partial charge in [0.25, 0.3) is 0 Å². The van der Waals surface area contributed by atoms with E-state index in [0.717, 1.165) is 38.8 Å². The molecule has 0 aromatic rings. The molecule has 82 valence electrons. The number of amides is 1. The number of carbonyl (C=O) groups excluding carboxylic acids is 1. The lowest BCUT2D eigenvalue weighted by Crippen LogP contribution is -2.27. The van der Waals surface area contributed by atoms with Crippen LogP contribution in [0, 0.1) is 5.92 Å². The molecule has 1 aliphatic rings. The van der Waals surface area contributed by atoms with Crippen LogP contribution in [-0.2, 0) is 4.79 Å². The Morgan fingerprint density at radius 2 is 2.07 bits per heavy atom. The lowest BCUT2D eigenvalue weighted by atomic mass is 10.2. The maximum absolute atomic E-state index is 11.6. The minimum absolute atomic E-state index is 0.320. The van der Waals surface area contributed by atoms with Gasteiger partial charge in [0.1, 0.15) is 0 Å². The van der Waals surface area contributed by atoms with Crippen molar-refractivity contribution in [2.24, 2.45) is 11.7 Å². The number of nitrogens with zero attached hydrogens (tertiary/aromatic N) is 1. The van der Waals surface area contributed by atoms with Gasteiger partial charge < -0.3 is 10.6 Å². The smallest absolute Gasteiger partial charge is 0.222 e. The zero-order chi connectivity index (χ0) is 10.4. The molecule has 0 spiro atoms. The van der Waals surface area contributed by atoms with E-state index in [1.165, 1.54) is 12.8 Å². The summed E-state index contributed by atoms with van der Waals surface area (Å²) in [4.78, 5) is 13.4. The molecule has 3 nitrogen and oxygen atoms in total. The van der Waals surface area contributed by atoms with Gasteiger partial charge >= 0.3 is 0 Å². The van der Waals surface area contributed by atoms with Crippen LogP contribution in [0.15, 0.2) is 0 Å². The van der Waals surface area contributed by atoms with Crippen LogP contribution < -0.4 is 5.73 Å². The molecule has 0 unspecified atom stereocenters. The number of carbonyl (C=O) groups is 1. The molecule has 0 saturated heterocycles. The maximum Gasteiger partial charge on any atom is 0.222 e. The number of unbranched alkanes of at least 4 members (excludes halogenated alkanes) is 2. The first-order valence-corrected chi connectivity index (χ1v) is 5.68. The molecular formula is C11H22N2O. The van der Waals surface area contributed by atoms with Crippen molar-refractivity contribution >= 4 is 5.91 Å². The highest BCUT2D eigenvalue weighted by molar-refractivity contribution is 5.76. The molecule has 14 heavy (non-hydrogen) atoms. The molecule has 1 aliphatic carbocycles. The summed E-state index contributed by atoms with van der Waals surface area (Å²) in [6.07, 6.45) is 6.58. The summed E-state index contributed by atoms with van der Waals surface area (Å²) in [6, 6.07) is 0. The van der Waals surface area contributed by atoms with E-state index in [9.17, 15) is 4.79 Å². The van der Waals surface area contributed by atoms with E-state index in [0.29, 0.717) is 11.8 Å². The van der Waals surface area contributed by atoms with Crippen LogP contribution >= 0.6 is 0 Å². The molecule has 0 aliphatic heterocycles. The van der Waals surface area contributed by atoms with Crippen molar-refractivity contribution in [2.75, 3.05) is 20.1 Å². The van der Waals surface area contributed by atoms with E-state index in [-0.39, 0.29) is 0 Å². The lowest BCUT2D eigenvalue weighted by molar-refractivity contribution is -0.130. The van der Waals surface area contributed by atoms with Gasteiger partial charge in [-0.15, -0.1) is 0 Å². The third-order valence-electron chi connectivity index (χ3n) is 2.78. The molecule has 3 heteroatoms.